The molecule has 76 valence electrons. The Morgan fingerprint density at radius 3 is 2.93 bits per heavy atom. The molecule has 1 atom stereocenters. The molecule has 1 heterocycles. The van der Waals surface area contributed by atoms with Gasteiger partial charge in [0.1, 0.15) is 0 Å². The van der Waals surface area contributed by atoms with Crippen LogP contribution < -0.4 is 11.1 Å². The molecule has 0 spiro atoms. The van der Waals surface area contributed by atoms with Gasteiger partial charge in [0.25, 0.3) is 0 Å². The van der Waals surface area contributed by atoms with Gasteiger partial charge in [-0.05, 0) is 31.2 Å². The van der Waals surface area contributed by atoms with Crippen LogP contribution in [0.5, 0.6) is 0 Å². The molecule has 4 nitrogen and oxygen atoms in total. The quantitative estimate of drug-likeness (QED) is 0.732. The topological polar surface area (TPSA) is 68.0 Å². The van der Waals surface area contributed by atoms with E-state index in [1.807, 2.05) is 13.0 Å². The summed E-state index contributed by atoms with van der Waals surface area (Å²) in [7, 11) is 1.81. The van der Waals surface area contributed by atoms with Crippen LogP contribution in [0.15, 0.2) is 18.5 Å². The summed E-state index contributed by atoms with van der Waals surface area (Å²) in [5, 5.41) is 3.05. The van der Waals surface area contributed by atoms with Crippen LogP contribution >= 0.6 is 0 Å². The van der Waals surface area contributed by atoms with Crippen molar-refractivity contribution in [3.05, 3.63) is 29.6 Å². The molecule has 1 rings (SSSR count). The Labute approximate surface area is 83.5 Å². The molecule has 0 saturated heterocycles. The Hall–Kier alpha value is -1.42. The average Bonchev–Trinajstić information content (AvgIpc) is 2.15. The number of aromatic nitrogens is 1. The first kappa shape index (κ1) is 10.7. The number of pyridine rings is 1. The zero-order chi connectivity index (χ0) is 10.6. The van der Waals surface area contributed by atoms with E-state index in [1.54, 1.807) is 19.4 Å². The molecule has 1 aromatic rings. The van der Waals surface area contributed by atoms with Crippen LogP contribution in [0.25, 0.3) is 0 Å². The van der Waals surface area contributed by atoms with Gasteiger partial charge in [-0.25, -0.2) is 0 Å². The van der Waals surface area contributed by atoms with Gasteiger partial charge in [-0.2, -0.15) is 0 Å². The normalized spacial score (nSPS) is 12.4. The van der Waals surface area contributed by atoms with Gasteiger partial charge < -0.3 is 11.1 Å². The molecule has 0 fully saturated rings. The molecule has 0 aromatic carbocycles. The minimum atomic E-state index is -0.312. The van der Waals surface area contributed by atoms with Crippen molar-refractivity contribution in [1.82, 2.24) is 10.3 Å². The molecule has 3 N–H and O–H groups in total. The minimum absolute atomic E-state index is 0.0406. The predicted molar refractivity (Wildman–Crippen MR) is 54.6 cm³/mol. The van der Waals surface area contributed by atoms with Crippen molar-refractivity contribution in [3.63, 3.8) is 0 Å². The number of hydrogen-bond donors (Lipinski definition) is 2. The molecule has 0 aliphatic heterocycles. The lowest BCUT2D eigenvalue weighted by molar-refractivity contribution is -0.118. The van der Waals surface area contributed by atoms with Crippen LogP contribution in [-0.4, -0.2) is 17.9 Å². The highest BCUT2D eigenvalue weighted by Gasteiger charge is 2.13. The second-order valence-corrected chi connectivity index (χ2v) is 3.24. The number of nitrogens with zero attached hydrogens (tertiary/aromatic N) is 1. The Morgan fingerprint density at radius 1 is 1.71 bits per heavy atom. The summed E-state index contributed by atoms with van der Waals surface area (Å²) in [6.07, 6.45) is 3.79. The smallest absolute Gasteiger partial charge is 0.219 e. The number of carbonyl (C=O) groups excluding carboxylic acids is 1. The molecule has 1 amide bonds. The number of nitrogens with two attached hydrogens (primary N) is 1. The molecule has 0 aliphatic rings. The van der Waals surface area contributed by atoms with Crippen molar-refractivity contribution in [2.24, 2.45) is 5.73 Å². The van der Waals surface area contributed by atoms with Crippen molar-refractivity contribution in [1.29, 1.82) is 0 Å². The summed E-state index contributed by atoms with van der Waals surface area (Å²) in [6, 6.07) is 1.88. The fourth-order valence-electron chi connectivity index (χ4n) is 1.41. The zero-order valence-corrected chi connectivity index (χ0v) is 8.45. The number of nitrogens with one attached hydrogen (secondary N) is 1. The third-order valence-corrected chi connectivity index (χ3v) is 2.21. The Balaban J connectivity index is 2.89. The zero-order valence-electron chi connectivity index (χ0n) is 8.45. The third kappa shape index (κ3) is 2.53. The summed E-state index contributed by atoms with van der Waals surface area (Å²) in [5.41, 5.74) is 7.29. The molecule has 0 bridgehead atoms. The van der Waals surface area contributed by atoms with Gasteiger partial charge in [-0.15, -0.1) is 0 Å². The van der Waals surface area contributed by atoms with E-state index in [0.29, 0.717) is 6.42 Å². The molecular weight excluding hydrogens is 178 g/mol. The minimum Gasteiger partial charge on any atom is -0.370 e. The van der Waals surface area contributed by atoms with E-state index in [2.05, 4.69) is 10.3 Å². The highest BCUT2D eigenvalue weighted by molar-refractivity contribution is 5.74. The van der Waals surface area contributed by atoms with Crippen molar-refractivity contribution in [2.45, 2.75) is 19.4 Å². The van der Waals surface area contributed by atoms with E-state index in [1.165, 1.54) is 0 Å². The first-order valence-corrected chi connectivity index (χ1v) is 4.51. The molecule has 1 unspecified atom stereocenters. The van der Waals surface area contributed by atoms with Gasteiger partial charge in [0, 0.05) is 24.9 Å². The number of amides is 1. The van der Waals surface area contributed by atoms with Crippen LogP contribution in [-0.2, 0) is 4.79 Å². The maximum atomic E-state index is 10.8. The lowest BCUT2D eigenvalue weighted by Gasteiger charge is -2.16. The van der Waals surface area contributed by atoms with Crippen LogP contribution in [0.1, 0.15) is 23.6 Å². The van der Waals surface area contributed by atoms with E-state index >= 15 is 0 Å². The first-order chi connectivity index (χ1) is 6.65. The number of hydrogen-bond acceptors (Lipinski definition) is 3. The second-order valence-electron chi connectivity index (χ2n) is 3.24. The summed E-state index contributed by atoms with van der Waals surface area (Å²) in [5.74, 6) is -0.312. The molecule has 0 radical (unpaired) electrons. The Kier molecular flexibility index (Phi) is 3.59. The van der Waals surface area contributed by atoms with Gasteiger partial charge in [-0.3, -0.25) is 9.78 Å². The van der Waals surface area contributed by atoms with E-state index in [0.717, 1.165) is 11.1 Å². The first-order valence-electron chi connectivity index (χ1n) is 4.51. The van der Waals surface area contributed by atoms with Gasteiger partial charge in [0.2, 0.25) is 5.91 Å². The van der Waals surface area contributed by atoms with E-state index in [9.17, 15) is 4.79 Å². The largest absolute Gasteiger partial charge is 0.370 e. The van der Waals surface area contributed by atoms with Gasteiger partial charge >= 0.3 is 0 Å². The average molecular weight is 193 g/mol. The van der Waals surface area contributed by atoms with Crippen LogP contribution in [0.3, 0.4) is 0 Å². The van der Waals surface area contributed by atoms with Crippen LogP contribution in [0, 0.1) is 6.92 Å². The molecule has 1 aromatic heterocycles. The maximum Gasteiger partial charge on any atom is 0.219 e. The monoisotopic (exact) mass is 193 g/mol. The van der Waals surface area contributed by atoms with E-state index in [-0.39, 0.29) is 11.9 Å². The van der Waals surface area contributed by atoms with Crippen molar-refractivity contribution >= 4 is 5.91 Å². The second kappa shape index (κ2) is 4.72. The molecule has 4 heteroatoms. The van der Waals surface area contributed by atoms with Crippen molar-refractivity contribution in [2.75, 3.05) is 7.05 Å². The lowest BCUT2D eigenvalue weighted by Crippen LogP contribution is -2.24. The summed E-state index contributed by atoms with van der Waals surface area (Å²) < 4.78 is 0. The molecule has 14 heavy (non-hydrogen) atoms. The SMILES string of the molecule is CNC(CC(N)=O)c1cnccc1C. The van der Waals surface area contributed by atoms with E-state index < -0.39 is 0 Å². The van der Waals surface area contributed by atoms with Gasteiger partial charge in [0.15, 0.2) is 0 Å². The summed E-state index contributed by atoms with van der Waals surface area (Å²) in [6.45, 7) is 1.99. The van der Waals surface area contributed by atoms with Crippen molar-refractivity contribution in [3.8, 4) is 0 Å². The summed E-state index contributed by atoms with van der Waals surface area (Å²) in [4.78, 5) is 14.8. The summed E-state index contributed by atoms with van der Waals surface area (Å²) >= 11 is 0. The number of aryl methyl sites for hydroxylation is 1. The molecule has 0 aliphatic carbocycles. The molecular formula is C10H15N3O. The Morgan fingerprint density at radius 2 is 2.43 bits per heavy atom. The van der Waals surface area contributed by atoms with Crippen LogP contribution in [0.4, 0.5) is 0 Å². The van der Waals surface area contributed by atoms with E-state index in [4.69, 9.17) is 5.73 Å². The number of rotatable bonds is 4. The lowest BCUT2D eigenvalue weighted by atomic mass is 10.0. The molecule has 0 saturated carbocycles. The number of primary amides is 1. The highest BCUT2D eigenvalue weighted by Crippen LogP contribution is 2.18. The standard InChI is InChI=1S/C10H15N3O/c1-7-3-4-13-6-8(7)9(12-2)5-10(11)14/h3-4,6,9,12H,5H2,1-2H3,(H2,11,14). The van der Waals surface area contributed by atoms with Crippen LogP contribution in [0.2, 0.25) is 0 Å². The van der Waals surface area contributed by atoms with Gasteiger partial charge in [0.05, 0.1) is 0 Å². The number of carbonyl (C=O) groups is 1. The maximum absolute atomic E-state index is 10.8. The third-order valence-electron chi connectivity index (χ3n) is 2.21. The van der Waals surface area contributed by atoms with Crippen molar-refractivity contribution < 1.29 is 4.79 Å². The van der Waals surface area contributed by atoms with Gasteiger partial charge in [-0.1, -0.05) is 0 Å². The predicted octanol–water partition coefficient (Wildman–Crippen LogP) is 0.526. The fraction of sp³-hybridized carbons (Fsp3) is 0.400. The fourth-order valence-corrected chi connectivity index (χ4v) is 1.41. The highest BCUT2D eigenvalue weighted by atomic mass is 16.1. The Bertz CT molecular complexity index is 325.